The number of rotatable bonds is 3. The molecule has 17 heavy (non-hydrogen) atoms. The van der Waals surface area contributed by atoms with Gasteiger partial charge in [0.05, 0.1) is 5.01 Å². The summed E-state index contributed by atoms with van der Waals surface area (Å²) in [6.45, 7) is 1.80. The van der Waals surface area contributed by atoms with Crippen molar-refractivity contribution in [3.8, 4) is 0 Å². The van der Waals surface area contributed by atoms with Gasteiger partial charge in [-0.25, -0.2) is 9.37 Å². The van der Waals surface area contributed by atoms with Crippen LogP contribution in [0.25, 0.3) is 0 Å². The van der Waals surface area contributed by atoms with E-state index in [1.807, 2.05) is 17.6 Å². The molecule has 2 nitrogen and oxygen atoms in total. The van der Waals surface area contributed by atoms with Crippen LogP contribution in [0.3, 0.4) is 0 Å². The van der Waals surface area contributed by atoms with Crippen LogP contribution in [0.1, 0.15) is 10.6 Å². The normalized spacial score (nSPS) is 17.7. The molecular weight excluding hydrogens is 235 g/mol. The molecule has 0 saturated carbocycles. The second-order valence-electron chi connectivity index (χ2n) is 4.50. The lowest BCUT2D eigenvalue weighted by Gasteiger charge is -2.43. The van der Waals surface area contributed by atoms with Crippen LogP contribution in [0.15, 0.2) is 35.8 Å². The number of halogens is 1. The zero-order valence-electron chi connectivity index (χ0n) is 9.32. The van der Waals surface area contributed by atoms with E-state index in [1.54, 1.807) is 23.5 Å². The molecule has 0 spiro atoms. The molecule has 2 aromatic rings. The third-order valence-electron chi connectivity index (χ3n) is 3.34. The first kappa shape index (κ1) is 10.9. The van der Waals surface area contributed by atoms with Crippen LogP contribution in [0.5, 0.6) is 0 Å². The van der Waals surface area contributed by atoms with Crippen LogP contribution in [-0.4, -0.2) is 18.1 Å². The highest BCUT2D eigenvalue weighted by molar-refractivity contribution is 7.09. The average Bonchev–Trinajstić information content (AvgIpc) is 2.76. The molecule has 0 aliphatic carbocycles. The third kappa shape index (κ3) is 1.98. The minimum atomic E-state index is -0.159. The second kappa shape index (κ2) is 4.20. The van der Waals surface area contributed by atoms with Gasteiger partial charge in [0.25, 0.3) is 0 Å². The summed E-state index contributed by atoms with van der Waals surface area (Å²) in [5, 5.41) is 6.39. The maximum Gasteiger partial charge on any atom is 0.123 e. The molecule has 0 amide bonds. The van der Waals surface area contributed by atoms with Crippen molar-refractivity contribution in [1.82, 2.24) is 10.3 Å². The maximum atomic E-state index is 13.3. The molecule has 0 unspecified atom stereocenters. The average molecular weight is 248 g/mol. The molecule has 1 aliphatic heterocycles. The number of hydrogen-bond acceptors (Lipinski definition) is 3. The summed E-state index contributed by atoms with van der Waals surface area (Å²) in [5.74, 6) is -0.159. The standard InChI is InChI=1S/C13H13FN2S/c14-11-3-1-2-10(6-11)13(8-15-9-13)7-12-16-4-5-17-12/h1-6,15H,7-9H2. The Hall–Kier alpha value is -1.26. The number of hydrogen-bond donors (Lipinski definition) is 1. The van der Waals surface area contributed by atoms with Crippen LogP contribution in [0.2, 0.25) is 0 Å². The van der Waals surface area contributed by atoms with Gasteiger partial charge in [0, 0.05) is 36.5 Å². The van der Waals surface area contributed by atoms with Crippen LogP contribution < -0.4 is 5.32 Å². The molecular formula is C13H13FN2S. The van der Waals surface area contributed by atoms with E-state index in [-0.39, 0.29) is 11.2 Å². The summed E-state index contributed by atoms with van der Waals surface area (Å²) in [7, 11) is 0. The lowest BCUT2D eigenvalue weighted by atomic mass is 9.73. The van der Waals surface area contributed by atoms with Gasteiger partial charge in [-0.05, 0) is 17.7 Å². The predicted molar refractivity (Wildman–Crippen MR) is 66.8 cm³/mol. The summed E-state index contributed by atoms with van der Waals surface area (Å²) >= 11 is 1.67. The van der Waals surface area contributed by atoms with E-state index < -0.39 is 0 Å². The zero-order valence-corrected chi connectivity index (χ0v) is 10.1. The number of aromatic nitrogens is 1. The van der Waals surface area contributed by atoms with E-state index in [1.165, 1.54) is 6.07 Å². The molecule has 0 radical (unpaired) electrons. The molecule has 1 fully saturated rings. The van der Waals surface area contributed by atoms with Gasteiger partial charge in [0.2, 0.25) is 0 Å². The van der Waals surface area contributed by atoms with Crippen LogP contribution in [-0.2, 0) is 11.8 Å². The Bertz CT molecular complexity index is 506. The summed E-state index contributed by atoms with van der Waals surface area (Å²) in [4.78, 5) is 4.33. The molecule has 1 aliphatic rings. The number of thiazole rings is 1. The highest BCUT2D eigenvalue weighted by atomic mass is 32.1. The van der Waals surface area contributed by atoms with E-state index in [0.717, 1.165) is 30.1 Å². The Morgan fingerprint density at radius 3 is 2.88 bits per heavy atom. The fourth-order valence-electron chi connectivity index (χ4n) is 2.31. The molecule has 4 heteroatoms. The second-order valence-corrected chi connectivity index (χ2v) is 5.48. The van der Waals surface area contributed by atoms with Crippen molar-refractivity contribution in [3.63, 3.8) is 0 Å². The predicted octanol–water partition coefficient (Wildman–Crippen LogP) is 2.37. The van der Waals surface area contributed by atoms with Gasteiger partial charge in [-0.15, -0.1) is 11.3 Å². The van der Waals surface area contributed by atoms with Gasteiger partial charge in [0.1, 0.15) is 5.82 Å². The van der Waals surface area contributed by atoms with Crippen molar-refractivity contribution in [2.24, 2.45) is 0 Å². The van der Waals surface area contributed by atoms with Gasteiger partial charge in [0.15, 0.2) is 0 Å². The zero-order chi connectivity index (χ0) is 11.7. The van der Waals surface area contributed by atoms with Gasteiger partial charge >= 0.3 is 0 Å². The summed E-state index contributed by atoms with van der Waals surface area (Å²) < 4.78 is 13.3. The maximum absolute atomic E-state index is 13.3. The first-order valence-electron chi connectivity index (χ1n) is 5.64. The topological polar surface area (TPSA) is 24.9 Å². The van der Waals surface area contributed by atoms with Crippen LogP contribution in [0, 0.1) is 5.82 Å². The Morgan fingerprint density at radius 1 is 1.41 bits per heavy atom. The third-order valence-corrected chi connectivity index (χ3v) is 4.12. The molecule has 0 atom stereocenters. The molecule has 1 saturated heterocycles. The Kier molecular flexibility index (Phi) is 2.68. The van der Waals surface area contributed by atoms with Crippen molar-refractivity contribution >= 4 is 11.3 Å². The molecule has 1 N–H and O–H groups in total. The SMILES string of the molecule is Fc1cccc(C2(Cc3nccs3)CNC2)c1. The van der Waals surface area contributed by atoms with Crippen molar-refractivity contribution in [1.29, 1.82) is 0 Å². The van der Waals surface area contributed by atoms with E-state index in [0.29, 0.717) is 0 Å². The van der Waals surface area contributed by atoms with Crippen molar-refractivity contribution < 1.29 is 4.39 Å². The van der Waals surface area contributed by atoms with Crippen molar-refractivity contribution in [2.45, 2.75) is 11.8 Å². The highest BCUT2D eigenvalue weighted by Gasteiger charge is 2.39. The molecule has 2 heterocycles. The quantitative estimate of drug-likeness (QED) is 0.902. The first-order valence-corrected chi connectivity index (χ1v) is 6.52. The number of nitrogens with one attached hydrogen (secondary N) is 1. The number of nitrogens with zero attached hydrogens (tertiary/aromatic N) is 1. The van der Waals surface area contributed by atoms with Gasteiger partial charge in [-0.2, -0.15) is 0 Å². The van der Waals surface area contributed by atoms with E-state index in [4.69, 9.17) is 0 Å². The summed E-state index contributed by atoms with van der Waals surface area (Å²) in [6, 6.07) is 6.94. The first-order chi connectivity index (χ1) is 8.28. The minimum Gasteiger partial charge on any atom is -0.315 e. The fraction of sp³-hybridized carbons (Fsp3) is 0.308. The summed E-state index contributed by atoms with van der Waals surface area (Å²) in [6.07, 6.45) is 2.71. The van der Waals surface area contributed by atoms with Gasteiger partial charge in [-0.1, -0.05) is 12.1 Å². The molecule has 1 aromatic carbocycles. The van der Waals surface area contributed by atoms with Crippen molar-refractivity contribution in [3.05, 3.63) is 52.2 Å². The Morgan fingerprint density at radius 2 is 2.29 bits per heavy atom. The summed E-state index contributed by atoms with van der Waals surface area (Å²) in [5.41, 5.74) is 1.10. The lowest BCUT2D eigenvalue weighted by Crippen LogP contribution is -2.58. The highest BCUT2D eigenvalue weighted by Crippen LogP contribution is 2.33. The van der Waals surface area contributed by atoms with Crippen LogP contribution in [0.4, 0.5) is 4.39 Å². The monoisotopic (exact) mass is 248 g/mol. The minimum absolute atomic E-state index is 0.0277. The Balaban J connectivity index is 1.92. The van der Waals surface area contributed by atoms with Crippen LogP contribution >= 0.6 is 11.3 Å². The van der Waals surface area contributed by atoms with E-state index >= 15 is 0 Å². The fourth-order valence-corrected chi connectivity index (χ4v) is 3.07. The largest absolute Gasteiger partial charge is 0.315 e. The molecule has 1 aromatic heterocycles. The van der Waals surface area contributed by atoms with Gasteiger partial charge in [-0.3, -0.25) is 0 Å². The molecule has 3 rings (SSSR count). The number of benzene rings is 1. The van der Waals surface area contributed by atoms with Gasteiger partial charge < -0.3 is 5.32 Å². The van der Waals surface area contributed by atoms with E-state index in [2.05, 4.69) is 10.3 Å². The van der Waals surface area contributed by atoms with Crippen molar-refractivity contribution in [2.75, 3.05) is 13.1 Å². The molecule has 0 bridgehead atoms. The van der Waals surface area contributed by atoms with E-state index in [9.17, 15) is 4.39 Å². The lowest BCUT2D eigenvalue weighted by molar-refractivity contribution is 0.273. The molecule has 88 valence electrons. The Labute approximate surface area is 104 Å². The smallest absolute Gasteiger partial charge is 0.123 e.